The number of anilines is 2. The lowest BCUT2D eigenvalue weighted by molar-refractivity contribution is -0.144. The number of benzene rings is 1. The Morgan fingerprint density at radius 3 is 2.48 bits per heavy atom. The number of rotatable bonds is 9. The van der Waals surface area contributed by atoms with Crippen molar-refractivity contribution in [1.29, 1.82) is 0 Å². The van der Waals surface area contributed by atoms with Gasteiger partial charge in [-0.2, -0.15) is 0 Å². The Labute approximate surface area is 184 Å². The summed E-state index contributed by atoms with van der Waals surface area (Å²) in [6, 6.07) is 7.01. The lowest BCUT2D eigenvalue weighted by Crippen LogP contribution is -2.34. The van der Waals surface area contributed by atoms with Crippen molar-refractivity contribution in [3.8, 4) is 5.88 Å². The van der Waals surface area contributed by atoms with E-state index in [2.05, 4.69) is 25.3 Å². The van der Waals surface area contributed by atoms with Gasteiger partial charge in [0.05, 0.1) is 25.0 Å². The van der Waals surface area contributed by atoms with Crippen LogP contribution in [0.3, 0.4) is 0 Å². The summed E-state index contributed by atoms with van der Waals surface area (Å²) in [5.74, 6) is -0.651. The first-order chi connectivity index (χ1) is 14.7. The van der Waals surface area contributed by atoms with Gasteiger partial charge >= 0.3 is 5.97 Å². The van der Waals surface area contributed by atoms with Crippen molar-refractivity contribution in [2.75, 3.05) is 23.8 Å². The smallest absolute Gasteiger partial charge is 0.306 e. The van der Waals surface area contributed by atoms with Crippen LogP contribution in [0.2, 0.25) is 0 Å². The zero-order valence-electron chi connectivity index (χ0n) is 16.7. The number of nitrogens with zero attached hydrogens (tertiary/aromatic N) is 2. The van der Waals surface area contributed by atoms with Gasteiger partial charge in [0.25, 0.3) is 10.0 Å². The number of nitrogens with one attached hydrogen (secondary N) is 3. The molecule has 1 aromatic carbocycles. The summed E-state index contributed by atoms with van der Waals surface area (Å²) in [7, 11) is -2.49. The molecule has 0 aliphatic carbocycles. The Hall–Kier alpha value is -3.32. The molecule has 2 rings (SSSR count). The summed E-state index contributed by atoms with van der Waals surface area (Å²) in [4.78, 5) is 30.7. The van der Waals surface area contributed by atoms with Gasteiger partial charge in [0, 0.05) is 18.2 Å². The Morgan fingerprint density at radius 2 is 1.84 bits per heavy atom. The number of carbonyl (C=O) groups excluding carboxylic acids is 2. The van der Waals surface area contributed by atoms with Crippen molar-refractivity contribution in [3.05, 3.63) is 36.7 Å². The van der Waals surface area contributed by atoms with Crippen LogP contribution in [0.1, 0.15) is 19.8 Å². The summed E-state index contributed by atoms with van der Waals surface area (Å²) in [5.41, 5.74) is 0.457. The van der Waals surface area contributed by atoms with Crippen molar-refractivity contribution < 1.29 is 27.5 Å². The second-order valence-electron chi connectivity index (χ2n) is 5.88. The number of esters is 1. The van der Waals surface area contributed by atoms with Crippen LogP contribution in [0.4, 0.5) is 11.5 Å². The van der Waals surface area contributed by atoms with E-state index in [4.69, 9.17) is 21.7 Å². The van der Waals surface area contributed by atoms with E-state index in [0.717, 1.165) is 0 Å². The van der Waals surface area contributed by atoms with Gasteiger partial charge in [0.1, 0.15) is 12.1 Å². The molecule has 2 aromatic rings. The third kappa shape index (κ3) is 7.79. The van der Waals surface area contributed by atoms with Crippen molar-refractivity contribution >= 4 is 50.7 Å². The van der Waals surface area contributed by atoms with Crippen LogP contribution in [0.15, 0.2) is 41.6 Å². The quantitative estimate of drug-likeness (QED) is 0.365. The number of aromatic nitrogens is 2. The van der Waals surface area contributed by atoms with Gasteiger partial charge in [-0.15, -0.1) is 0 Å². The zero-order valence-corrected chi connectivity index (χ0v) is 18.4. The predicted molar refractivity (Wildman–Crippen MR) is 116 cm³/mol. The summed E-state index contributed by atoms with van der Waals surface area (Å²) in [6.07, 6.45) is 1.04. The molecule has 0 bridgehead atoms. The SMILES string of the molecule is CCOC(=O)CCC(=O)NC(=S)Nc1ccc(S(=O)(=O)Nc2cc(OC)ncn2)cc1. The lowest BCUT2D eigenvalue weighted by Gasteiger charge is -2.11. The van der Waals surface area contributed by atoms with Gasteiger partial charge in [-0.1, -0.05) is 0 Å². The first-order valence-electron chi connectivity index (χ1n) is 8.99. The molecule has 1 amide bonds. The Balaban J connectivity index is 1.92. The van der Waals surface area contributed by atoms with Crippen molar-refractivity contribution in [1.82, 2.24) is 15.3 Å². The minimum absolute atomic E-state index is 0.00988. The van der Waals surface area contributed by atoms with Gasteiger partial charge in [-0.05, 0) is 43.4 Å². The van der Waals surface area contributed by atoms with E-state index in [0.29, 0.717) is 5.69 Å². The maximum atomic E-state index is 12.5. The second kappa shape index (κ2) is 11.2. The first kappa shape index (κ1) is 24.0. The monoisotopic (exact) mass is 467 g/mol. The highest BCUT2D eigenvalue weighted by Crippen LogP contribution is 2.18. The molecule has 166 valence electrons. The number of hydrogen-bond donors (Lipinski definition) is 3. The highest BCUT2D eigenvalue weighted by atomic mass is 32.2. The van der Waals surface area contributed by atoms with E-state index < -0.39 is 21.9 Å². The first-order valence-corrected chi connectivity index (χ1v) is 10.9. The third-order valence-electron chi connectivity index (χ3n) is 3.63. The molecule has 11 nitrogen and oxygen atoms in total. The largest absolute Gasteiger partial charge is 0.481 e. The molecule has 31 heavy (non-hydrogen) atoms. The van der Waals surface area contributed by atoms with Gasteiger partial charge < -0.3 is 20.1 Å². The predicted octanol–water partition coefficient (Wildman–Crippen LogP) is 1.44. The normalized spacial score (nSPS) is 10.6. The number of hydrogen-bond acceptors (Lipinski definition) is 9. The average Bonchev–Trinajstić information content (AvgIpc) is 2.72. The molecule has 0 aliphatic rings. The van der Waals surface area contributed by atoms with Crippen molar-refractivity contribution in [3.63, 3.8) is 0 Å². The highest BCUT2D eigenvalue weighted by molar-refractivity contribution is 7.92. The molecular formula is C18H21N5O6S2. The molecule has 1 aromatic heterocycles. The number of sulfonamides is 1. The molecular weight excluding hydrogens is 446 g/mol. The Morgan fingerprint density at radius 1 is 1.13 bits per heavy atom. The van der Waals surface area contributed by atoms with Gasteiger partial charge in [-0.3, -0.25) is 14.3 Å². The van der Waals surface area contributed by atoms with E-state index in [1.807, 2.05) is 0 Å². The Kier molecular flexibility index (Phi) is 8.63. The number of ether oxygens (including phenoxy) is 2. The van der Waals surface area contributed by atoms with Crippen LogP contribution in [-0.4, -0.2) is 49.1 Å². The molecule has 13 heteroatoms. The van der Waals surface area contributed by atoms with E-state index in [9.17, 15) is 18.0 Å². The summed E-state index contributed by atoms with van der Waals surface area (Å²) in [5, 5.41) is 5.20. The fourth-order valence-electron chi connectivity index (χ4n) is 2.22. The van der Waals surface area contributed by atoms with E-state index >= 15 is 0 Å². The van der Waals surface area contributed by atoms with E-state index in [-0.39, 0.29) is 41.2 Å². The molecule has 0 unspecified atom stereocenters. The molecule has 0 spiro atoms. The molecule has 0 saturated heterocycles. The van der Waals surface area contributed by atoms with Crippen LogP contribution in [0.25, 0.3) is 0 Å². The van der Waals surface area contributed by atoms with Crippen LogP contribution in [-0.2, 0) is 24.3 Å². The minimum atomic E-state index is -3.89. The van der Waals surface area contributed by atoms with Gasteiger partial charge in [0.2, 0.25) is 11.8 Å². The van der Waals surface area contributed by atoms with Crippen LogP contribution >= 0.6 is 12.2 Å². The molecule has 3 N–H and O–H groups in total. The molecule has 0 aliphatic heterocycles. The van der Waals surface area contributed by atoms with Crippen LogP contribution in [0.5, 0.6) is 5.88 Å². The molecule has 0 saturated carbocycles. The fourth-order valence-corrected chi connectivity index (χ4v) is 3.45. The summed E-state index contributed by atoms with van der Waals surface area (Å²) >= 11 is 5.04. The topological polar surface area (TPSA) is 149 Å². The molecule has 1 heterocycles. The summed E-state index contributed by atoms with van der Waals surface area (Å²) in [6.45, 7) is 1.92. The van der Waals surface area contributed by atoms with Crippen molar-refractivity contribution in [2.24, 2.45) is 0 Å². The Bertz CT molecular complexity index is 1040. The average molecular weight is 468 g/mol. The maximum Gasteiger partial charge on any atom is 0.306 e. The second-order valence-corrected chi connectivity index (χ2v) is 7.97. The standard InChI is InChI=1S/C18H21N5O6S2/c1-3-29-17(25)9-8-15(24)22-18(30)21-12-4-6-13(7-5-12)31(26,27)23-14-10-16(28-2)20-11-19-14/h4-7,10-11H,3,8-9H2,1-2H3,(H,19,20,23)(H2,21,22,24,30). The van der Waals surface area contributed by atoms with E-state index in [1.54, 1.807) is 6.92 Å². The van der Waals surface area contributed by atoms with Gasteiger partial charge in [-0.25, -0.2) is 18.4 Å². The molecule has 0 radical (unpaired) electrons. The molecule has 0 atom stereocenters. The van der Waals surface area contributed by atoms with Crippen molar-refractivity contribution in [2.45, 2.75) is 24.7 Å². The number of amides is 1. The number of carbonyl (C=O) groups is 2. The maximum absolute atomic E-state index is 12.5. The zero-order chi connectivity index (χ0) is 22.9. The number of methoxy groups -OCH3 is 1. The minimum Gasteiger partial charge on any atom is -0.481 e. The van der Waals surface area contributed by atoms with Crippen LogP contribution < -0.4 is 20.1 Å². The highest BCUT2D eigenvalue weighted by Gasteiger charge is 2.16. The van der Waals surface area contributed by atoms with E-state index in [1.165, 1.54) is 43.8 Å². The lowest BCUT2D eigenvalue weighted by atomic mass is 10.3. The van der Waals surface area contributed by atoms with Crippen LogP contribution in [0, 0.1) is 0 Å². The fraction of sp³-hybridized carbons (Fsp3) is 0.278. The third-order valence-corrected chi connectivity index (χ3v) is 5.20. The number of thiocarbonyl (C=S) groups is 1. The molecule has 0 fully saturated rings. The summed E-state index contributed by atoms with van der Waals surface area (Å²) < 4.78 is 37.0. The van der Waals surface area contributed by atoms with Gasteiger partial charge in [0.15, 0.2) is 5.11 Å².